The van der Waals surface area contributed by atoms with Crippen LogP contribution in [0.4, 0.5) is 0 Å². The van der Waals surface area contributed by atoms with Crippen LogP contribution in [0.25, 0.3) is 0 Å². The lowest BCUT2D eigenvalue weighted by molar-refractivity contribution is 0.354. The fraction of sp³-hybridized carbons (Fsp3) is 0.500. The van der Waals surface area contributed by atoms with Gasteiger partial charge in [0.1, 0.15) is 0 Å². The monoisotopic (exact) mass is 288 g/mol. The Morgan fingerprint density at radius 3 is 2.42 bits per heavy atom. The predicted molar refractivity (Wildman–Crippen MR) is 73.8 cm³/mol. The Morgan fingerprint density at radius 2 is 1.89 bits per heavy atom. The van der Waals surface area contributed by atoms with Gasteiger partial charge in [0.15, 0.2) is 11.5 Å². The number of methoxy groups -OCH3 is 2. The number of nitrogens with one attached hydrogen (secondary N) is 1. The fourth-order valence-corrected chi connectivity index (χ4v) is 2.35. The summed E-state index contributed by atoms with van der Waals surface area (Å²) in [5.74, 6) is 1.16. The number of ether oxygens (including phenoxy) is 2. The van der Waals surface area contributed by atoms with Crippen molar-refractivity contribution in [3.63, 3.8) is 0 Å². The molecule has 0 fully saturated rings. The van der Waals surface area contributed by atoms with Gasteiger partial charge in [0.2, 0.25) is 10.0 Å². The van der Waals surface area contributed by atoms with Gasteiger partial charge in [-0.15, -0.1) is 0 Å². The quantitative estimate of drug-likeness (QED) is 0.761. The first-order chi connectivity index (χ1) is 8.94. The lowest BCUT2D eigenvalue weighted by atomic mass is 10.2. The Kier molecular flexibility index (Phi) is 5.59. The summed E-state index contributed by atoms with van der Waals surface area (Å²) in [7, 11) is -0.316. The van der Waals surface area contributed by atoms with E-state index in [0.717, 1.165) is 5.56 Å². The van der Waals surface area contributed by atoms with E-state index in [0.29, 0.717) is 11.5 Å². The Hall–Kier alpha value is -1.31. The van der Waals surface area contributed by atoms with Crippen LogP contribution < -0.4 is 19.9 Å². The first-order valence-corrected chi connectivity index (χ1v) is 7.38. The summed E-state index contributed by atoms with van der Waals surface area (Å²) in [6.45, 7) is 1.84. The van der Waals surface area contributed by atoms with Gasteiger partial charge in [-0.2, -0.15) is 0 Å². The van der Waals surface area contributed by atoms with E-state index in [1.54, 1.807) is 32.2 Å². The second-order valence-electron chi connectivity index (χ2n) is 4.10. The number of rotatable bonds is 7. The number of hydrogen-bond acceptors (Lipinski definition) is 5. The number of nitrogens with two attached hydrogens (primary N) is 1. The summed E-state index contributed by atoms with van der Waals surface area (Å²) in [6, 6.07) is 5.24. The normalized spacial score (nSPS) is 13.1. The first-order valence-electron chi connectivity index (χ1n) is 5.84. The lowest BCUT2D eigenvalue weighted by Crippen LogP contribution is -2.36. The van der Waals surface area contributed by atoms with Crippen molar-refractivity contribution < 1.29 is 17.9 Å². The highest BCUT2D eigenvalue weighted by Crippen LogP contribution is 2.27. The Labute approximate surface area is 113 Å². The van der Waals surface area contributed by atoms with Crippen LogP contribution in [-0.2, 0) is 16.6 Å². The van der Waals surface area contributed by atoms with E-state index in [2.05, 4.69) is 4.72 Å². The highest BCUT2D eigenvalue weighted by atomic mass is 32.2. The molecule has 0 aliphatic carbocycles. The molecular weight excluding hydrogens is 268 g/mol. The van der Waals surface area contributed by atoms with E-state index >= 15 is 0 Å². The zero-order chi connectivity index (χ0) is 14.5. The number of hydrogen-bond donors (Lipinski definition) is 2. The molecule has 108 valence electrons. The summed E-state index contributed by atoms with van der Waals surface area (Å²) in [5.41, 5.74) is 6.14. The van der Waals surface area contributed by atoms with E-state index in [9.17, 15) is 8.42 Å². The van der Waals surface area contributed by atoms with E-state index in [4.69, 9.17) is 15.2 Å². The van der Waals surface area contributed by atoms with Gasteiger partial charge in [-0.25, -0.2) is 13.1 Å². The number of sulfonamides is 1. The summed E-state index contributed by atoms with van der Waals surface area (Å²) >= 11 is 0. The van der Waals surface area contributed by atoms with Crippen LogP contribution in [0.5, 0.6) is 11.5 Å². The molecule has 0 bridgehead atoms. The molecule has 0 amide bonds. The molecule has 1 unspecified atom stereocenters. The highest BCUT2D eigenvalue weighted by molar-refractivity contribution is 7.90. The zero-order valence-electron chi connectivity index (χ0n) is 11.3. The Morgan fingerprint density at radius 1 is 1.26 bits per heavy atom. The largest absolute Gasteiger partial charge is 0.493 e. The minimum Gasteiger partial charge on any atom is -0.493 e. The zero-order valence-corrected chi connectivity index (χ0v) is 12.2. The molecule has 0 saturated heterocycles. The minimum atomic E-state index is -3.39. The fourth-order valence-electron chi connectivity index (χ4n) is 1.44. The summed E-state index contributed by atoms with van der Waals surface area (Å²) < 4.78 is 36.3. The molecule has 1 aromatic rings. The van der Waals surface area contributed by atoms with Gasteiger partial charge in [-0.05, 0) is 24.6 Å². The van der Waals surface area contributed by atoms with Crippen molar-refractivity contribution in [2.75, 3.05) is 20.8 Å². The van der Waals surface area contributed by atoms with Gasteiger partial charge >= 0.3 is 0 Å². The SMILES string of the molecule is COc1ccc(CNS(=O)(=O)C(C)CN)cc1OC. The van der Waals surface area contributed by atoms with Crippen LogP contribution in [0.3, 0.4) is 0 Å². The maximum Gasteiger partial charge on any atom is 0.215 e. The van der Waals surface area contributed by atoms with E-state index < -0.39 is 15.3 Å². The van der Waals surface area contributed by atoms with Crippen molar-refractivity contribution in [1.29, 1.82) is 0 Å². The van der Waals surface area contributed by atoms with Gasteiger partial charge in [-0.3, -0.25) is 0 Å². The molecule has 0 aromatic heterocycles. The van der Waals surface area contributed by atoms with Crippen molar-refractivity contribution >= 4 is 10.0 Å². The van der Waals surface area contributed by atoms with Gasteiger partial charge in [-0.1, -0.05) is 6.07 Å². The Balaban J connectivity index is 2.79. The highest BCUT2D eigenvalue weighted by Gasteiger charge is 2.18. The van der Waals surface area contributed by atoms with Crippen molar-refractivity contribution in [3.05, 3.63) is 23.8 Å². The Bertz CT molecular complexity index is 516. The molecule has 0 spiro atoms. The second kappa shape index (κ2) is 6.74. The van der Waals surface area contributed by atoms with E-state index in [-0.39, 0.29) is 13.1 Å². The molecule has 7 heteroatoms. The third-order valence-corrected chi connectivity index (χ3v) is 4.59. The maximum absolute atomic E-state index is 11.8. The second-order valence-corrected chi connectivity index (χ2v) is 6.29. The molecular formula is C12H20N2O4S. The van der Waals surface area contributed by atoms with Crippen molar-refractivity contribution in [2.24, 2.45) is 5.73 Å². The average molecular weight is 288 g/mol. The first kappa shape index (κ1) is 15.7. The van der Waals surface area contributed by atoms with Crippen molar-refractivity contribution in [3.8, 4) is 11.5 Å². The number of benzene rings is 1. The molecule has 0 heterocycles. The molecule has 3 N–H and O–H groups in total. The van der Waals surface area contributed by atoms with Gasteiger partial charge in [0, 0.05) is 13.1 Å². The van der Waals surface area contributed by atoms with Crippen LogP contribution in [0.2, 0.25) is 0 Å². The van der Waals surface area contributed by atoms with Crippen LogP contribution >= 0.6 is 0 Å². The van der Waals surface area contributed by atoms with Crippen molar-refractivity contribution in [2.45, 2.75) is 18.7 Å². The summed E-state index contributed by atoms with van der Waals surface area (Å²) in [6.07, 6.45) is 0. The van der Waals surface area contributed by atoms with Gasteiger partial charge in [0.25, 0.3) is 0 Å². The maximum atomic E-state index is 11.8. The van der Waals surface area contributed by atoms with Crippen LogP contribution in [0, 0.1) is 0 Å². The van der Waals surface area contributed by atoms with Gasteiger partial charge < -0.3 is 15.2 Å². The summed E-state index contributed by atoms with van der Waals surface area (Å²) in [4.78, 5) is 0. The molecule has 0 saturated carbocycles. The van der Waals surface area contributed by atoms with Crippen LogP contribution in [0.15, 0.2) is 18.2 Å². The lowest BCUT2D eigenvalue weighted by Gasteiger charge is -2.13. The van der Waals surface area contributed by atoms with E-state index in [1.807, 2.05) is 0 Å². The van der Waals surface area contributed by atoms with Crippen molar-refractivity contribution in [1.82, 2.24) is 4.72 Å². The smallest absolute Gasteiger partial charge is 0.215 e. The molecule has 1 rings (SSSR count). The van der Waals surface area contributed by atoms with Crippen LogP contribution in [0.1, 0.15) is 12.5 Å². The molecule has 0 radical (unpaired) electrons. The molecule has 19 heavy (non-hydrogen) atoms. The molecule has 1 atom stereocenters. The summed E-state index contributed by atoms with van der Waals surface area (Å²) in [5, 5.41) is -0.618. The topological polar surface area (TPSA) is 90.7 Å². The van der Waals surface area contributed by atoms with Gasteiger partial charge in [0.05, 0.1) is 19.5 Å². The van der Waals surface area contributed by atoms with Crippen LogP contribution in [-0.4, -0.2) is 34.4 Å². The molecule has 1 aromatic carbocycles. The minimum absolute atomic E-state index is 0.0846. The average Bonchev–Trinajstić information content (AvgIpc) is 2.43. The third-order valence-electron chi connectivity index (χ3n) is 2.79. The predicted octanol–water partition coefficient (Wildman–Crippen LogP) is 0.470. The third kappa shape index (κ3) is 4.09. The molecule has 0 aliphatic rings. The van der Waals surface area contributed by atoms with E-state index in [1.165, 1.54) is 7.11 Å². The molecule has 0 aliphatic heterocycles. The standard InChI is InChI=1S/C12H20N2O4S/c1-9(7-13)19(15,16)14-8-10-4-5-11(17-2)12(6-10)18-3/h4-6,9,14H,7-8,13H2,1-3H3. The molecule has 6 nitrogen and oxygen atoms in total.